The highest BCUT2D eigenvalue weighted by Gasteiger charge is 2.36. The average Bonchev–Trinajstić information content (AvgIpc) is 2.85. The highest BCUT2D eigenvalue weighted by atomic mass is 14.9. The Morgan fingerprint density at radius 2 is 2.15 bits per heavy atom. The predicted octanol–water partition coefficient (Wildman–Crippen LogP) is 1.75. The molecule has 0 heterocycles. The summed E-state index contributed by atoms with van der Waals surface area (Å²) in [6, 6.07) is 0. The van der Waals surface area contributed by atoms with Crippen molar-refractivity contribution in [1.82, 2.24) is 5.32 Å². The monoisotopic (exact) mass is 184 g/mol. The second-order valence-corrected chi connectivity index (χ2v) is 4.79. The lowest BCUT2D eigenvalue weighted by molar-refractivity contribution is 0.432. The molecule has 1 saturated carbocycles. The van der Waals surface area contributed by atoms with Gasteiger partial charge in [0.25, 0.3) is 0 Å². The first-order valence-electron chi connectivity index (χ1n) is 5.61. The third kappa shape index (κ3) is 4.10. The maximum atomic E-state index is 5.64. The fourth-order valence-corrected chi connectivity index (χ4v) is 1.58. The van der Waals surface area contributed by atoms with Crippen LogP contribution >= 0.6 is 0 Å². The molecule has 78 valence electrons. The van der Waals surface area contributed by atoms with E-state index in [0.29, 0.717) is 5.41 Å². The predicted molar refractivity (Wildman–Crippen MR) is 57.7 cm³/mol. The second-order valence-electron chi connectivity index (χ2n) is 4.79. The van der Waals surface area contributed by atoms with Crippen LogP contribution in [0.2, 0.25) is 0 Å². The second kappa shape index (κ2) is 4.97. The SMILES string of the molecule is CCC(CN)CCNCC1(C)CC1. The molecule has 0 bridgehead atoms. The minimum absolute atomic E-state index is 0.643. The Bertz CT molecular complexity index is 137. The zero-order valence-electron chi connectivity index (χ0n) is 9.10. The van der Waals surface area contributed by atoms with Crippen LogP contribution in [0, 0.1) is 11.3 Å². The van der Waals surface area contributed by atoms with Crippen LogP contribution in [0.3, 0.4) is 0 Å². The molecule has 0 aromatic carbocycles. The normalized spacial score (nSPS) is 21.5. The van der Waals surface area contributed by atoms with Crippen molar-refractivity contribution in [3.8, 4) is 0 Å². The van der Waals surface area contributed by atoms with Gasteiger partial charge in [0.05, 0.1) is 0 Å². The number of nitrogens with two attached hydrogens (primary N) is 1. The molecule has 0 amide bonds. The van der Waals surface area contributed by atoms with Crippen LogP contribution in [-0.2, 0) is 0 Å². The summed E-state index contributed by atoms with van der Waals surface area (Å²) in [5.74, 6) is 0.722. The Kier molecular flexibility index (Phi) is 4.20. The van der Waals surface area contributed by atoms with Crippen LogP contribution in [0.4, 0.5) is 0 Å². The number of rotatable bonds is 7. The zero-order valence-corrected chi connectivity index (χ0v) is 9.10. The molecule has 0 spiro atoms. The Morgan fingerprint density at radius 3 is 2.62 bits per heavy atom. The van der Waals surface area contributed by atoms with E-state index in [4.69, 9.17) is 5.73 Å². The van der Waals surface area contributed by atoms with Crippen LogP contribution in [0.5, 0.6) is 0 Å². The Hall–Kier alpha value is -0.0800. The van der Waals surface area contributed by atoms with Crippen molar-refractivity contribution >= 4 is 0 Å². The Labute approximate surface area is 82.3 Å². The first-order chi connectivity index (χ1) is 6.20. The molecule has 2 heteroatoms. The summed E-state index contributed by atoms with van der Waals surface area (Å²) in [6.45, 7) is 7.77. The van der Waals surface area contributed by atoms with Gasteiger partial charge in [-0.05, 0) is 43.7 Å². The summed E-state index contributed by atoms with van der Waals surface area (Å²) >= 11 is 0. The molecule has 0 saturated heterocycles. The molecule has 1 aliphatic carbocycles. The van der Waals surface area contributed by atoms with Gasteiger partial charge in [-0.25, -0.2) is 0 Å². The van der Waals surface area contributed by atoms with Crippen molar-refractivity contribution in [2.75, 3.05) is 19.6 Å². The van der Waals surface area contributed by atoms with E-state index in [1.165, 1.54) is 32.2 Å². The number of hydrogen-bond acceptors (Lipinski definition) is 2. The molecule has 2 nitrogen and oxygen atoms in total. The zero-order chi connectivity index (χ0) is 9.73. The molecule has 0 radical (unpaired) electrons. The third-order valence-electron chi connectivity index (χ3n) is 3.30. The van der Waals surface area contributed by atoms with E-state index in [0.717, 1.165) is 19.0 Å². The Balaban J connectivity index is 1.93. The average molecular weight is 184 g/mol. The summed E-state index contributed by atoms with van der Waals surface area (Å²) in [6.07, 6.45) is 5.28. The topological polar surface area (TPSA) is 38.0 Å². The third-order valence-corrected chi connectivity index (χ3v) is 3.30. The minimum Gasteiger partial charge on any atom is -0.330 e. The van der Waals surface area contributed by atoms with Crippen molar-refractivity contribution in [3.05, 3.63) is 0 Å². The maximum absolute atomic E-state index is 5.64. The van der Waals surface area contributed by atoms with Crippen molar-refractivity contribution < 1.29 is 0 Å². The molecule has 3 N–H and O–H groups in total. The van der Waals surface area contributed by atoms with Gasteiger partial charge in [0.1, 0.15) is 0 Å². The molecule has 1 aliphatic rings. The number of nitrogens with one attached hydrogen (secondary N) is 1. The lowest BCUT2D eigenvalue weighted by atomic mass is 10.0. The molecular weight excluding hydrogens is 160 g/mol. The van der Waals surface area contributed by atoms with Crippen molar-refractivity contribution in [3.63, 3.8) is 0 Å². The molecule has 1 atom stereocenters. The van der Waals surface area contributed by atoms with Gasteiger partial charge in [0.2, 0.25) is 0 Å². The van der Waals surface area contributed by atoms with E-state index < -0.39 is 0 Å². The van der Waals surface area contributed by atoms with Gasteiger partial charge in [-0.2, -0.15) is 0 Å². The molecule has 1 unspecified atom stereocenters. The van der Waals surface area contributed by atoms with Gasteiger partial charge in [-0.1, -0.05) is 20.3 Å². The highest BCUT2D eigenvalue weighted by molar-refractivity contribution is 4.90. The smallest absolute Gasteiger partial charge is 0.000517 e. The molecule has 0 aromatic heterocycles. The van der Waals surface area contributed by atoms with Crippen LogP contribution in [-0.4, -0.2) is 19.6 Å². The van der Waals surface area contributed by atoms with Gasteiger partial charge in [-0.3, -0.25) is 0 Å². The number of hydrogen-bond donors (Lipinski definition) is 2. The van der Waals surface area contributed by atoms with Gasteiger partial charge < -0.3 is 11.1 Å². The quantitative estimate of drug-likeness (QED) is 0.592. The lowest BCUT2D eigenvalue weighted by Gasteiger charge is -2.14. The molecule has 0 aromatic rings. The lowest BCUT2D eigenvalue weighted by Crippen LogP contribution is -2.26. The Morgan fingerprint density at radius 1 is 1.46 bits per heavy atom. The maximum Gasteiger partial charge on any atom is 0.000517 e. The summed E-state index contributed by atoms with van der Waals surface area (Å²) in [5.41, 5.74) is 6.28. The van der Waals surface area contributed by atoms with Crippen LogP contribution in [0.1, 0.15) is 39.5 Å². The summed E-state index contributed by atoms with van der Waals surface area (Å²) < 4.78 is 0. The first kappa shape index (κ1) is 11.0. The minimum atomic E-state index is 0.643. The summed E-state index contributed by atoms with van der Waals surface area (Å²) in [4.78, 5) is 0. The van der Waals surface area contributed by atoms with Crippen molar-refractivity contribution in [1.29, 1.82) is 0 Å². The van der Waals surface area contributed by atoms with E-state index >= 15 is 0 Å². The standard InChI is InChI=1S/C11H24N2/c1-3-10(8-12)4-7-13-9-11(2)5-6-11/h10,13H,3-9,12H2,1-2H3. The van der Waals surface area contributed by atoms with Crippen molar-refractivity contribution in [2.45, 2.75) is 39.5 Å². The summed E-state index contributed by atoms with van der Waals surface area (Å²) in [5, 5.41) is 3.53. The first-order valence-corrected chi connectivity index (χ1v) is 5.61. The van der Waals surface area contributed by atoms with Crippen LogP contribution in [0.15, 0.2) is 0 Å². The molecular formula is C11H24N2. The van der Waals surface area contributed by atoms with E-state index in [1.807, 2.05) is 0 Å². The van der Waals surface area contributed by atoms with Gasteiger partial charge in [0, 0.05) is 6.54 Å². The van der Waals surface area contributed by atoms with Gasteiger partial charge >= 0.3 is 0 Å². The van der Waals surface area contributed by atoms with Gasteiger partial charge in [0.15, 0.2) is 0 Å². The van der Waals surface area contributed by atoms with Crippen LogP contribution in [0.25, 0.3) is 0 Å². The van der Waals surface area contributed by atoms with E-state index in [-0.39, 0.29) is 0 Å². The summed E-state index contributed by atoms with van der Waals surface area (Å²) in [7, 11) is 0. The fourth-order valence-electron chi connectivity index (χ4n) is 1.58. The molecule has 13 heavy (non-hydrogen) atoms. The van der Waals surface area contributed by atoms with Gasteiger partial charge in [-0.15, -0.1) is 0 Å². The van der Waals surface area contributed by atoms with E-state index in [9.17, 15) is 0 Å². The molecule has 1 rings (SSSR count). The largest absolute Gasteiger partial charge is 0.330 e. The molecule has 1 fully saturated rings. The van der Waals surface area contributed by atoms with E-state index in [2.05, 4.69) is 19.2 Å². The molecule has 0 aliphatic heterocycles. The van der Waals surface area contributed by atoms with Crippen molar-refractivity contribution in [2.24, 2.45) is 17.1 Å². The fraction of sp³-hybridized carbons (Fsp3) is 1.00. The highest BCUT2D eigenvalue weighted by Crippen LogP contribution is 2.43. The van der Waals surface area contributed by atoms with E-state index in [1.54, 1.807) is 0 Å². The van der Waals surface area contributed by atoms with Crippen LogP contribution < -0.4 is 11.1 Å².